The van der Waals surface area contributed by atoms with Gasteiger partial charge in [-0.05, 0) is 54.1 Å². The van der Waals surface area contributed by atoms with Crippen molar-refractivity contribution in [3.63, 3.8) is 0 Å². The highest BCUT2D eigenvalue weighted by molar-refractivity contribution is 6.38. The van der Waals surface area contributed by atoms with Gasteiger partial charge in [-0.2, -0.15) is 0 Å². The van der Waals surface area contributed by atoms with Crippen LogP contribution >= 0.6 is 0 Å². The predicted molar refractivity (Wildman–Crippen MR) is 200 cm³/mol. The Morgan fingerprint density at radius 1 is 0.963 bits per heavy atom. The van der Waals surface area contributed by atoms with Crippen LogP contribution in [0.1, 0.15) is 84.3 Å². The minimum Gasteiger partial charge on any atom is -0.444 e. The Morgan fingerprint density at radius 2 is 1.65 bits per heavy atom. The third-order valence-electron chi connectivity index (χ3n) is 10.7. The second-order valence-electron chi connectivity index (χ2n) is 16.6. The fourth-order valence-electron chi connectivity index (χ4n) is 7.16. The molecule has 0 aromatic heterocycles. The molecule has 14 nitrogen and oxygen atoms in total. The number of amides is 6. The molecule has 1 aromatic rings. The molecule has 1 saturated heterocycles. The number of hydrogen-bond acceptors (Lipinski definition) is 8. The van der Waals surface area contributed by atoms with Crippen LogP contribution in [0.4, 0.5) is 9.59 Å². The first kappa shape index (κ1) is 40.4. The molecule has 6 amide bonds. The van der Waals surface area contributed by atoms with E-state index >= 15 is 0 Å². The summed E-state index contributed by atoms with van der Waals surface area (Å²) in [6, 6.07) is 2.98. The summed E-state index contributed by atoms with van der Waals surface area (Å²) in [5.74, 6) is -3.03. The van der Waals surface area contributed by atoms with Crippen molar-refractivity contribution in [2.45, 2.75) is 116 Å². The Kier molecular flexibility index (Phi) is 12.8. The topological polar surface area (TPSA) is 183 Å². The zero-order chi connectivity index (χ0) is 39.3. The van der Waals surface area contributed by atoms with E-state index in [0.717, 1.165) is 36.8 Å². The van der Waals surface area contributed by atoms with Crippen LogP contribution in [0.5, 0.6) is 0 Å². The lowest BCUT2D eigenvalue weighted by Gasteiger charge is -2.36. The van der Waals surface area contributed by atoms with Crippen LogP contribution in [0, 0.1) is 23.2 Å². The van der Waals surface area contributed by atoms with Gasteiger partial charge < -0.3 is 35.8 Å². The number of fused-ring (bicyclic) bond motifs is 1. The molecule has 4 aliphatic rings. The van der Waals surface area contributed by atoms with Crippen molar-refractivity contribution in [3.8, 4) is 0 Å². The van der Waals surface area contributed by atoms with E-state index in [2.05, 4.69) is 27.8 Å². The van der Waals surface area contributed by atoms with E-state index in [1.807, 2.05) is 38.1 Å². The van der Waals surface area contributed by atoms with Crippen molar-refractivity contribution in [2.24, 2.45) is 23.2 Å². The van der Waals surface area contributed by atoms with E-state index in [-0.39, 0.29) is 49.5 Å². The fraction of sp³-hybridized carbons (Fsp3) is 0.625. The van der Waals surface area contributed by atoms with Crippen molar-refractivity contribution >= 4 is 41.4 Å². The molecule has 2 saturated carbocycles. The number of likely N-dealkylation sites (tertiary alicyclic amines) is 1. The van der Waals surface area contributed by atoms with Gasteiger partial charge in [-0.25, -0.2) is 9.59 Å². The third kappa shape index (κ3) is 10.3. The zero-order valence-corrected chi connectivity index (χ0v) is 32.2. The molecule has 2 aliphatic heterocycles. The van der Waals surface area contributed by atoms with Crippen molar-refractivity contribution in [2.75, 3.05) is 19.6 Å². The summed E-state index contributed by atoms with van der Waals surface area (Å²) in [5.41, 5.74) is 1.32. The van der Waals surface area contributed by atoms with E-state index in [4.69, 9.17) is 4.74 Å². The van der Waals surface area contributed by atoms with Crippen molar-refractivity contribution in [1.82, 2.24) is 31.1 Å². The lowest BCUT2D eigenvalue weighted by atomic mass is 9.85. The average Bonchev–Trinajstić information content (AvgIpc) is 4.08. The van der Waals surface area contributed by atoms with E-state index in [1.165, 1.54) is 11.0 Å². The molecule has 5 atom stereocenters. The largest absolute Gasteiger partial charge is 0.444 e. The number of ether oxygens (including phenoxy) is 1. The first-order valence-electron chi connectivity index (χ1n) is 19.2. The predicted octanol–water partition coefficient (Wildman–Crippen LogP) is 3.02. The first-order chi connectivity index (χ1) is 25.6. The summed E-state index contributed by atoms with van der Waals surface area (Å²) < 4.78 is 5.95. The van der Waals surface area contributed by atoms with Gasteiger partial charge >= 0.3 is 12.1 Å². The molecule has 1 unspecified atom stereocenters. The molecule has 1 aromatic carbocycles. The number of carbonyl (C=O) groups excluding carboxylic acids is 7. The van der Waals surface area contributed by atoms with Gasteiger partial charge in [0.1, 0.15) is 18.2 Å². The van der Waals surface area contributed by atoms with Crippen LogP contribution in [-0.4, -0.2) is 101 Å². The minimum absolute atomic E-state index is 0.0367. The lowest BCUT2D eigenvalue weighted by Crippen LogP contribution is -2.61. The Balaban J connectivity index is 1.36. The average molecular weight is 749 g/mol. The molecule has 5 rings (SSSR count). The maximum absolute atomic E-state index is 14.6. The van der Waals surface area contributed by atoms with Crippen molar-refractivity contribution in [1.29, 1.82) is 0 Å². The summed E-state index contributed by atoms with van der Waals surface area (Å²) in [6.45, 7) is 13.3. The molecule has 0 radical (unpaired) electrons. The van der Waals surface area contributed by atoms with Gasteiger partial charge in [-0.15, -0.1) is 6.58 Å². The van der Waals surface area contributed by atoms with Gasteiger partial charge in [0, 0.05) is 32.0 Å². The fourth-order valence-corrected chi connectivity index (χ4v) is 7.16. The van der Waals surface area contributed by atoms with E-state index in [1.54, 1.807) is 25.7 Å². The summed E-state index contributed by atoms with van der Waals surface area (Å²) in [5, 5.41) is 10.8. The summed E-state index contributed by atoms with van der Waals surface area (Å²) in [7, 11) is 0. The molecular formula is C40H56N6O8. The summed E-state index contributed by atoms with van der Waals surface area (Å²) in [6.07, 6.45) is 4.17. The zero-order valence-electron chi connectivity index (χ0n) is 32.2. The standard InChI is InChI=1S/C40H56N6O8/c1-7-17-41-36(50)33(48)29(19-24-12-13-24)42-35(49)30-20-28(54-39(53)45-18-16-25-10-8-9-11-27(25)21-45)22-46(30)37(51)34(40(4,5)6)44-38(52)43-31(23(2)3)32(47)26-14-15-26/h7-11,23-24,26,28-31,34H,1,12-22H2,2-6H3,(H,41,50)(H,42,49)(H2,43,44,52)/t28-,29?,30+,31+,34-/m1/s1. The molecule has 14 heteroatoms. The number of nitrogens with one attached hydrogen (secondary N) is 4. The Hall–Kier alpha value is -4.75. The van der Waals surface area contributed by atoms with Crippen LogP contribution in [0.3, 0.4) is 0 Å². The van der Waals surface area contributed by atoms with Crippen LogP contribution < -0.4 is 21.3 Å². The van der Waals surface area contributed by atoms with Crippen LogP contribution in [-0.2, 0) is 41.7 Å². The molecule has 294 valence electrons. The maximum atomic E-state index is 14.6. The van der Waals surface area contributed by atoms with Gasteiger partial charge in [0.15, 0.2) is 5.78 Å². The van der Waals surface area contributed by atoms with Crippen LogP contribution in [0.15, 0.2) is 36.9 Å². The lowest BCUT2D eigenvalue weighted by molar-refractivity contribution is -0.144. The van der Waals surface area contributed by atoms with Gasteiger partial charge in [-0.3, -0.25) is 24.0 Å². The summed E-state index contributed by atoms with van der Waals surface area (Å²) >= 11 is 0. The van der Waals surface area contributed by atoms with Crippen molar-refractivity contribution in [3.05, 3.63) is 48.0 Å². The SMILES string of the molecule is C=CCNC(=O)C(=O)C(CC1CC1)NC(=O)[C@@H]1C[C@@H](OC(=O)N2CCc3ccccc3C2)CN1C(=O)[C@@H](NC(=O)N[C@H](C(=O)C1CC1)C(C)C)C(C)(C)C. The van der Waals surface area contributed by atoms with E-state index in [0.29, 0.717) is 19.5 Å². The number of Topliss-reactive ketones (excluding diaryl/α,β-unsaturated/α-hetero) is 2. The van der Waals surface area contributed by atoms with Gasteiger partial charge in [0.2, 0.25) is 17.6 Å². The number of hydrogen-bond donors (Lipinski definition) is 4. The second kappa shape index (κ2) is 17.2. The number of nitrogens with zero attached hydrogens (tertiary/aromatic N) is 2. The van der Waals surface area contributed by atoms with E-state index < -0.39 is 71.3 Å². The highest BCUT2D eigenvalue weighted by atomic mass is 16.6. The second-order valence-corrected chi connectivity index (χ2v) is 16.6. The van der Waals surface area contributed by atoms with Crippen molar-refractivity contribution < 1.29 is 38.3 Å². The first-order valence-corrected chi connectivity index (χ1v) is 19.2. The molecule has 4 N–H and O–H groups in total. The highest BCUT2D eigenvalue weighted by Crippen LogP contribution is 2.35. The highest BCUT2D eigenvalue weighted by Gasteiger charge is 2.48. The Labute approximate surface area is 317 Å². The molecule has 2 aliphatic carbocycles. The number of rotatable bonds is 15. The molecule has 0 bridgehead atoms. The number of carbonyl (C=O) groups is 7. The minimum atomic E-state index is -1.18. The monoisotopic (exact) mass is 748 g/mol. The molecule has 3 fully saturated rings. The Bertz CT molecular complexity index is 1630. The number of ketones is 2. The van der Waals surface area contributed by atoms with Gasteiger partial charge in [0.05, 0.1) is 18.6 Å². The van der Waals surface area contributed by atoms with Gasteiger partial charge in [0.25, 0.3) is 5.91 Å². The van der Waals surface area contributed by atoms with Crippen LogP contribution in [0.2, 0.25) is 0 Å². The number of urea groups is 1. The molecule has 54 heavy (non-hydrogen) atoms. The number of benzene rings is 1. The third-order valence-corrected chi connectivity index (χ3v) is 10.7. The smallest absolute Gasteiger partial charge is 0.410 e. The Morgan fingerprint density at radius 3 is 2.26 bits per heavy atom. The molecular weight excluding hydrogens is 692 g/mol. The normalized spacial score (nSPS) is 21.2. The van der Waals surface area contributed by atoms with Crippen LogP contribution in [0.25, 0.3) is 0 Å². The maximum Gasteiger partial charge on any atom is 0.410 e. The van der Waals surface area contributed by atoms with Gasteiger partial charge in [-0.1, -0.05) is 77.8 Å². The quantitative estimate of drug-likeness (QED) is 0.156. The molecule has 0 spiro atoms. The summed E-state index contributed by atoms with van der Waals surface area (Å²) in [4.78, 5) is 97.4. The molecule has 2 heterocycles. The van der Waals surface area contributed by atoms with E-state index in [9.17, 15) is 33.6 Å².